The monoisotopic (exact) mass is 207 g/mol. The van der Waals surface area contributed by atoms with Crippen LogP contribution < -0.4 is 5.32 Å². The molecular weight excluding hydrogens is 190 g/mol. The minimum atomic E-state index is 0. The summed E-state index contributed by atoms with van der Waals surface area (Å²) in [5, 5.41) is 3.72. The molecule has 0 unspecified atom stereocenters. The van der Waals surface area contributed by atoms with Gasteiger partial charge in [0.25, 0.3) is 0 Å². The van der Waals surface area contributed by atoms with Crippen LogP contribution in [-0.2, 0) is 0 Å². The normalized spacial score (nSPS) is 28.0. The molecule has 2 aliphatic rings. The minimum absolute atomic E-state index is 0. The second kappa shape index (κ2) is 4.73. The van der Waals surface area contributed by atoms with Gasteiger partial charge < -0.3 is 5.32 Å². The van der Waals surface area contributed by atoms with Crippen molar-refractivity contribution in [2.24, 2.45) is 0 Å². The third kappa shape index (κ3) is 2.30. The Balaban J connectivity index is 0.000000720. The molecule has 0 radical (unpaired) electrons. The van der Waals surface area contributed by atoms with Gasteiger partial charge in [-0.1, -0.05) is 6.42 Å². The molecule has 0 saturated carbocycles. The number of piperidine rings is 1. The van der Waals surface area contributed by atoms with E-state index >= 15 is 0 Å². The molecule has 0 aromatic heterocycles. The zero-order chi connectivity index (χ0) is 7.57. The highest BCUT2D eigenvalue weighted by molar-refractivity contribution is 7.99. The molecule has 0 aromatic rings. The van der Waals surface area contributed by atoms with Crippen LogP contribution in [-0.4, -0.2) is 23.6 Å². The predicted molar refractivity (Wildman–Crippen MR) is 58.4 cm³/mol. The van der Waals surface area contributed by atoms with Gasteiger partial charge in [0, 0.05) is 5.54 Å². The topological polar surface area (TPSA) is 12.0 Å². The van der Waals surface area contributed by atoms with Crippen molar-refractivity contribution in [2.45, 2.75) is 37.6 Å². The number of nitrogens with one attached hydrogen (secondary N) is 1. The molecule has 1 N–H and O–H groups in total. The molecule has 0 amide bonds. The molecule has 1 nitrogen and oxygen atoms in total. The van der Waals surface area contributed by atoms with Gasteiger partial charge in [-0.2, -0.15) is 11.8 Å². The summed E-state index contributed by atoms with van der Waals surface area (Å²) < 4.78 is 0. The lowest BCUT2D eigenvalue weighted by molar-refractivity contribution is 0.236. The first kappa shape index (κ1) is 10.7. The molecule has 3 heteroatoms. The van der Waals surface area contributed by atoms with Gasteiger partial charge in [0.05, 0.1) is 0 Å². The van der Waals surface area contributed by atoms with Gasteiger partial charge in [0.15, 0.2) is 0 Å². The Hall–Kier alpha value is 0.600. The summed E-state index contributed by atoms with van der Waals surface area (Å²) in [6.45, 7) is 1.27. The van der Waals surface area contributed by atoms with Crippen LogP contribution >= 0.6 is 24.2 Å². The van der Waals surface area contributed by atoms with Crippen LogP contribution in [0.1, 0.15) is 32.1 Å². The third-order valence-corrected chi connectivity index (χ3v) is 4.02. The largest absolute Gasteiger partial charge is 0.311 e. The third-order valence-electron chi connectivity index (χ3n) is 3.03. The van der Waals surface area contributed by atoms with Gasteiger partial charge in [-0.05, 0) is 43.7 Å². The van der Waals surface area contributed by atoms with Crippen molar-refractivity contribution in [3.63, 3.8) is 0 Å². The van der Waals surface area contributed by atoms with Crippen molar-refractivity contribution in [1.82, 2.24) is 5.32 Å². The average Bonchev–Trinajstić information content (AvgIpc) is 2.07. The van der Waals surface area contributed by atoms with Crippen molar-refractivity contribution in [2.75, 3.05) is 18.1 Å². The van der Waals surface area contributed by atoms with Crippen LogP contribution in [0.5, 0.6) is 0 Å². The van der Waals surface area contributed by atoms with Crippen molar-refractivity contribution >= 4 is 24.2 Å². The molecule has 2 rings (SSSR count). The van der Waals surface area contributed by atoms with Gasteiger partial charge >= 0.3 is 0 Å². The van der Waals surface area contributed by atoms with Crippen LogP contribution in [0, 0.1) is 0 Å². The van der Waals surface area contributed by atoms with E-state index in [0.29, 0.717) is 5.54 Å². The summed E-state index contributed by atoms with van der Waals surface area (Å²) in [6, 6.07) is 0. The van der Waals surface area contributed by atoms with E-state index in [9.17, 15) is 0 Å². The molecule has 2 saturated heterocycles. The first-order valence-electron chi connectivity index (χ1n) is 4.74. The lowest BCUT2D eigenvalue weighted by Crippen LogP contribution is -2.50. The first-order chi connectivity index (χ1) is 5.41. The lowest BCUT2D eigenvalue weighted by atomic mass is 9.84. The van der Waals surface area contributed by atoms with E-state index in [4.69, 9.17) is 0 Å². The van der Waals surface area contributed by atoms with Crippen LogP contribution in [0.3, 0.4) is 0 Å². The summed E-state index contributed by atoms with van der Waals surface area (Å²) in [6.07, 6.45) is 7.12. The molecule has 0 bridgehead atoms. The Kier molecular flexibility index (Phi) is 4.21. The summed E-state index contributed by atoms with van der Waals surface area (Å²) in [7, 11) is 0. The van der Waals surface area contributed by atoms with Gasteiger partial charge in [-0.25, -0.2) is 0 Å². The molecule has 2 fully saturated rings. The number of hydrogen-bond donors (Lipinski definition) is 1. The molecule has 0 atom stereocenters. The van der Waals surface area contributed by atoms with E-state index in [1.165, 1.54) is 50.2 Å². The van der Waals surface area contributed by atoms with Crippen LogP contribution in [0.4, 0.5) is 0 Å². The highest BCUT2D eigenvalue weighted by Gasteiger charge is 2.32. The van der Waals surface area contributed by atoms with Crippen molar-refractivity contribution < 1.29 is 0 Å². The van der Waals surface area contributed by atoms with Crippen LogP contribution in [0.15, 0.2) is 0 Å². The van der Waals surface area contributed by atoms with Crippen molar-refractivity contribution in [3.05, 3.63) is 0 Å². The van der Waals surface area contributed by atoms with Gasteiger partial charge in [0.2, 0.25) is 0 Å². The van der Waals surface area contributed by atoms with E-state index in [-0.39, 0.29) is 12.4 Å². The van der Waals surface area contributed by atoms with E-state index < -0.39 is 0 Å². The van der Waals surface area contributed by atoms with E-state index in [1.54, 1.807) is 0 Å². The van der Waals surface area contributed by atoms with Crippen molar-refractivity contribution in [3.8, 4) is 0 Å². The fourth-order valence-electron chi connectivity index (χ4n) is 2.22. The highest BCUT2D eigenvalue weighted by atomic mass is 35.5. The van der Waals surface area contributed by atoms with Crippen molar-refractivity contribution in [1.29, 1.82) is 0 Å². The molecule has 1 spiro atoms. The van der Waals surface area contributed by atoms with Gasteiger partial charge in [-0.15, -0.1) is 12.4 Å². The maximum absolute atomic E-state index is 3.72. The van der Waals surface area contributed by atoms with E-state index in [2.05, 4.69) is 17.1 Å². The minimum Gasteiger partial charge on any atom is -0.311 e. The smallest absolute Gasteiger partial charge is 0.0197 e. The van der Waals surface area contributed by atoms with E-state index in [0.717, 1.165) is 0 Å². The Morgan fingerprint density at radius 1 is 1.00 bits per heavy atom. The zero-order valence-corrected chi connectivity index (χ0v) is 9.11. The number of halogens is 1. The summed E-state index contributed by atoms with van der Waals surface area (Å²) >= 11 is 2.12. The Morgan fingerprint density at radius 2 is 1.75 bits per heavy atom. The summed E-state index contributed by atoms with van der Waals surface area (Å²) in [5.74, 6) is 2.76. The SMILES string of the molecule is C1CCC2(CCSCC2)NC1.Cl. The molecule has 0 aromatic carbocycles. The van der Waals surface area contributed by atoms with Gasteiger partial charge in [-0.3, -0.25) is 0 Å². The first-order valence-corrected chi connectivity index (χ1v) is 5.90. The molecular formula is C9H18ClNS. The second-order valence-corrected chi connectivity index (χ2v) is 5.00. The number of rotatable bonds is 0. The Morgan fingerprint density at radius 3 is 2.33 bits per heavy atom. The fraction of sp³-hybridized carbons (Fsp3) is 1.00. The summed E-state index contributed by atoms with van der Waals surface area (Å²) in [5.41, 5.74) is 0.587. The molecule has 72 valence electrons. The van der Waals surface area contributed by atoms with Crippen LogP contribution in [0.2, 0.25) is 0 Å². The summed E-state index contributed by atoms with van der Waals surface area (Å²) in [4.78, 5) is 0. The average molecular weight is 208 g/mol. The maximum atomic E-state index is 3.72. The molecule has 12 heavy (non-hydrogen) atoms. The molecule has 0 aliphatic carbocycles. The number of thioether (sulfide) groups is 1. The van der Waals surface area contributed by atoms with E-state index in [1.807, 2.05) is 0 Å². The van der Waals surface area contributed by atoms with Crippen LogP contribution in [0.25, 0.3) is 0 Å². The fourth-order valence-corrected chi connectivity index (χ4v) is 3.49. The molecule has 2 aliphatic heterocycles. The quantitative estimate of drug-likeness (QED) is 0.655. The van der Waals surface area contributed by atoms with Gasteiger partial charge in [0.1, 0.15) is 0 Å². The lowest BCUT2D eigenvalue weighted by Gasteiger charge is -2.41. The zero-order valence-electron chi connectivity index (χ0n) is 7.47. The molecule has 2 heterocycles. The standard InChI is InChI=1S/C9H17NS.ClH/c1-2-6-10-9(3-1)4-7-11-8-5-9;/h10H,1-8H2;1H. The Bertz CT molecular complexity index is 109. The number of hydrogen-bond acceptors (Lipinski definition) is 2. The maximum Gasteiger partial charge on any atom is 0.0197 e. The second-order valence-electron chi connectivity index (χ2n) is 3.78. The highest BCUT2D eigenvalue weighted by Crippen LogP contribution is 2.33. The predicted octanol–water partition coefficient (Wildman–Crippen LogP) is 2.45. The Labute approximate surface area is 85.5 Å².